The van der Waals surface area contributed by atoms with Gasteiger partial charge < -0.3 is 25.0 Å². The summed E-state index contributed by atoms with van der Waals surface area (Å²) in [6.07, 6.45) is 1.32. The van der Waals surface area contributed by atoms with Crippen LogP contribution in [0.25, 0.3) is 0 Å². The fourth-order valence-corrected chi connectivity index (χ4v) is 2.54. The second-order valence-electron chi connectivity index (χ2n) is 7.13. The van der Waals surface area contributed by atoms with Crippen LogP contribution in [-0.4, -0.2) is 60.5 Å². The van der Waals surface area contributed by atoms with Crippen molar-refractivity contribution in [2.45, 2.75) is 45.4 Å². The first-order valence-electron chi connectivity index (χ1n) is 8.21. The summed E-state index contributed by atoms with van der Waals surface area (Å²) < 4.78 is 11.3. The fraction of sp³-hybridized carbons (Fsp3) is 0.647. The zero-order valence-electron chi connectivity index (χ0n) is 15.2. The third-order valence-electron chi connectivity index (χ3n) is 4.06. The van der Waals surface area contributed by atoms with Crippen LogP contribution in [0.1, 0.15) is 27.7 Å². The van der Waals surface area contributed by atoms with E-state index in [1.54, 1.807) is 24.2 Å². The standard InChI is InChI=1S/C17H28N4O3/c1-12(20(5)16(22)24-17(2,3)4)14-11-21(8-9-23-14)13-6-7-15(18)19-10-13/h6-7,10,12,14H,8-9,11H2,1-5H3,(H2,18,19). The number of aromatic nitrogens is 1. The summed E-state index contributed by atoms with van der Waals surface area (Å²) in [6.45, 7) is 9.61. The number of rotatable bonds is 3. The van der Waals surface area contributed by atoms with E-state index >= 15 is 0 Å². The molecule has 2 rings (SSSR count). The smallest absolute Gasteiger partial charge is 0.410 e. The molecule has 7 nitrogen and oxygen atoms in total. The molecule has 0 spiro atoms. The van der Waals surface area contributed by atoms with Gasteiger partial charge in [-0.05, 0) is 39.8 Å². The topological polar surface area (TPSA) is 80.9 Å². The minimum absolute atomic E-state index is 0.103. The minimum atomic E-state index is -0.514. The number of amides is 1. The molecule has 2 N–H and O–H groups in total. The molecule has 1 aromatic rings. The van der Waals surface area contributed by atoms with Gasteiger partial charge in [-0.2, -0.15) is 0 Å². The third-order valence-corrected chi connectivity index (χ3v) is 4.06. The molecular weight excluding hydrogens is 308 g/mol. The van der Waals surface area contributed by atoms with E-state index in [-0.39, 0.29) is 18.2 Å². The lowest BCUT2D eigenvalue weighted by atomic mass is 10.1. The van der Waals surface area contributed by atoms with Gasteiger partial charge >= 0.3 is 6.09 Å². The number of nitrogens with zero attached hydrogens (tertiary/aromatic N) is 3. The van der Waals surface area contributed by atoms with Crippen LogP contribution in [-0.2, 0) is 9.47 Å². The highest BCUT2D eigenvalue weighted by atomic mass is 16.6. The summed E-state index contributed by atoms with van der Waals surface area (Å²) in [7, 11) is 1.74. The largest absolute Gasteiger partial charge is 0.444 e. The quantitative estimate of drug-likeness (QED) is 0.911. The molecule has 2 unspecified atom stereocenters. The van der Waals surface area contributed by atoms with Crippen molar-refractivity contribution in [3.8, 4) is 0 Å². The predicted molar refractivity (Wildman–Crippen MR) is 94.1 cm³/mol. The Balaban J connectivity index is 2.00. The van der Waals surface area contributed by atoms with Gasteiger partial charge in [0.25, 0.3) is 0 Å². The molecule has 0 aliphatic carbocycles. The number of nitrogen functional groups attached to an aromatic ring is 1. The Hall–Kier alpha value is -2.02. The van der Waals surface area contributed by atoms with E-state index in [9.17, 15) is 4.79 Å². The normalized spacial score (nSPS) is 19.7. The summed E-state index contributed by atoms with van der Waals surface area (Å²) in [5.41, 5.74) is 6.13. The van der Waals surface area contributed by atoms with Gasteiger partial charge in [-0.25, -0.2) is 9.78 Å². The van der Waals surface area contributed by atoms with Crippen molar-refractivity contribution in [2.75, 3.05) is 37.4 Å². The molecule has 1 amide bonds. The van der Waals surface area contributed by atoms with Crippen LogP contribution in [0.15, 0.2) is 18.3 Å². The number of anilines is 2. The van der Waals surface area contributed by atoms with Gasteiger partial charge in [0.05, 0.1) is 30.6 Å². The number of carbonyl (C=O) groups is 1. The van der Waals surface area contributed by atoms with E-state index in [0.29, 0.717) is 19.0 Å². The van der Waals surface area contributed by atoms with Crippen molar-refractivity contribution in [1.82, 2.24) is 9.88 Å². The van der Waals surface area contributed by atoms with E-state index in [0.717, 1.165) is 12.2 Å². The molecule has 7 heteroatoms. The number of morpholine rings is 1. The second-order valence-corrected chi connectivity index (χ2v) is 7.13. The van der Waals surface area contributed by atoms with Gasteiger partial charge in [0.1, 0.15) is 11.4 Å². The predicted octanol–water partition coefficient (Wildman–Crippen LogP) is 2.12. The van der Waals surface area contributed by atoms with Crippen molar-refractivity contribution in [3.05, 3.63) is 18.3 Å². The Kier molecular flexibility index (Phi) is 5.54. The van der Waals surface area contributed by atoms with E-state index in [1.807, 2.05) is 33.8 Å². The maximum absolute atomic E-state index is 12.2. The van der Waals surface area contributed by atoms with Crippen molar-refractivity contribution >= 4 is 17.6 Å². The molecule has 1 aliphatic rings. The molecule has 1 saturated heterocycles. The molecule has 0 bridgehead atoms. The third kappa shape index (κ3) is 4.74. The first-order chi connectivity index (χ1) is 11.2. The molecule has 1 aliphatic heterocycles. The molecule has 0 aromatic carbocycles. The summed E-state index contributed by atoms with van der Waals surface area (Å²) in [5.74, 6) is 0.501. The fourth-order valence-electron chi connectivity index (χ4n) is 2.54. The zero-order chi connectivity index (χ0) is 17.9. The molecule has 2 atom stereocenters. The summed E-state index contributed by atoms with van der Waals surface area (Å²) in [5, 5.41) is 0. The number of nitrogens with two attached hydrogens (primary N) is 1. The Bertz CT molecular complexity index is 556. The summed E-state index contributed by atoms with van der Waals surface area (Å²) in [4.78, 5) is 20.2. The number of ether oxygens (including phenoxy) is 2. The monoisotopic (exact) mass is 336 g/mol. The molecule has 1 fully saturated rings. The molecule has 1 aromatic heterocycles. The average Bonchev–Trinajstić information content (AvgIpc) is 2.52. The highest BCUT2D eigenvalue weighted by Crippen LogP contribution is 2.21. The van der Waals surface area contributed by atoms with E-state index in [2.05, 4.69) is 9.88 Å². The van der Waals surface area contributed by atoms with Crippen molar-refractivity contribution in [3.63, 3.8) is 0 Å². The lowest BCUT2D eigenvalue weighted by Gasteiger charge is -2.40. The van der Waals surface area contributed by atoms with E-state index < -0.39 is 5.60 Å². The number of hydrogen-bond acceptors (Lipinski definition) is 6. The van der Waals surface area contributed by atoms with Crippen molar-refractivity contribution in [1.29, 1.82) is 0 Å². The van der Waals surface area contributed by atoms with Gasteiger partial charge in [-0.3, -0.25) is 0 Å². The Morgan fingerprint density at radius 1 is 1.50 bits per heavy atom. The van der Waals surface area contributed by atoms with Crippen molar-refractivity contribution < 1.29 is 14.3 Å². The number of carbonyl (C=O) groups excluding carboxylic acids is 1. The Morgan fingerprint density at radius 3 is 2.79 bits per heavy atom. The first kappa shape index (κ1) is 18.3. The maximum atomic E-state index is 12.2. The molecule has 0 radical (unpaired) electrons. The highest BCUT2D eigenvalue weighted by Gasteiger charge is 2.32. The van der Waals surface area contributed by atoms with E-state index in [4.69, 9.17) is 15.2 Å². The van der Waals surface area contributed by atoms with E-state index in [1.165, 1.54) is 0 Å². The second kappa shape index (κ2) is 7.25. The van der Waals surface area contributed by atoms with Gasteiger partial charge in [0.2, 0.25) is 0 Å². The maximum Gasteiger partial charge on any atom is 0.410 e. The Labute approximate surface area is 143 Å². The number of likely N-dealkylation sites (N-methyl/N-ethyl adjacent to an activating group) is 1. The van der Waals surface area contributed by atoms with Crippen LogP contribution < -0.4 is 10.6 Å². The SMILES string of the molecule is CC(C1CN(c2ccc(N)nc2)CCO1)N(C)C(=O)OC(C)(C)C. The minimum Gasteiger partial charge on any atom is -0.444 e. The molecule has 24 heavy (non-hydrogen) atoms. The van der Waals surface area contributed by atoms with Gasteiger partial charge in [0.15, 0.2) is 0 Å². The van der Waals surface area contributed by atoms with Crippen LogP contribution in [0.2, 0.25) is 0 Å². The number of hydrogen-bond donors (Lipinski definition) is 1. The zero-order valence-corrected chi connectivity index (χ0v) is 15.2. The molecule has 134 valence electrons. The van der Waals surface area contributed by atoms with Gasteiger partial charge in [-0.1, -0.05) is 0 Å². The van der Waals surface area contributed by atoms with Crippen LogP contribution in [0.4, 0.5) is 16.3 Å². The van der Waals surface area contributed by atoms with Crippen molar-refractivity contribution in [2.24, 2.45) is 0 Å². The average molecular weight is 336 g/mol. The van der Waals surface area contributed by atoms with Crippen LogP contribution in [0.3, 0.4) is 0 Å². The Morgan fingerprint density at radius 2 is 2.21 bits per heavy atom. The highest BCUT2D eigenvalue weighted by molar-refractivity contribution is 5.68. The first-order valence-corrected chi connectivity index (χ1v) is 8.21. The summed E-state index contributed by atoms with van der Waals surface area (Å²) >= 11 is 0. The number of pyridine rings is 1. The molecule has 0 saturated carbocycles. The lowest BCUT2D eigenvalue weighted by Crippen LogP contribution is -2.53. The van der Waals surface area contributed by atoms with Gasteiger partial charge in [0, 0.05) is 20.1 Å². The van der Waals surface area contributed by atoms with Crippen LogP contribution in [0, 0.1) is 0 Å². The van der Waals surface area contributed by atoms with Crippen LogP contribution in [0.5, 0.6) is 0 Å². The summed E-state index contributed by atoms with van der Waals surface area (Å²) in [6, 6.07) is 3.63. The molecule has 2 heterocycles. The van der Waals surface area contributed by atoms with Crippen LogP contribution >= 0.6 is 0 Å². The van der Waals surface area contributed by atoms with Gasteiger partial charge in [-0.15, -0.1) is 0 Å². The molecular formula is C17H28N4O3. The lowest BCUT2D eigenvalue weighted by molar-refractivity contribution is -0.0254.